The molecule has 256 valence electrons. The third-order valence-corrected chi connectivity index (χ3v) is 9.28. The normalized spacial score (nSPS) is 11.7. The molecule has 0 atom stereocenters. The Morgan fingerprint density at radius 1 is 0.756 bits per heavy atom. The molecule has 45 heavy (non-hydrogen) atoms. The Kier molecular flexibility index (Phi) is 20.0. The number of carbonyl (C=O) groups is 1. The molecule has 0 heterocycles. The first-order valence-electron chi connectivity index (χ1n) is 16.8. The van der Waals surface area contributed by atoms with E-state index in [1.54, 1.807) is 12.1 Å². The van der Waals surface area contributed by atoms with Crippen molar-refractivity contribution in [1.82, 2.24) is 9.79 Å². The van der Waals surface area contributed by atoms with Gasteiger partial charge >= 0.3 is 0 Å². The van der Waals surface area contributed by atoms with Gasteiger partial charge in [-0.05, 0) is 57.2 Å². The zero-order valence-corrected chi connectivity index (χ0v) is 28.5. The molecule has 0 aliphatic heterocycles. The summed E-state index contributed by atoms with van der Waals surface area (Å²) in [5.74, 6) is -0.223. The van der Waals surface area contributed by atoms with Gasteiger partial charge in [-0.2, -0.15) is 0 Å². The highest BCUT2D eigenvalue weighted by atomic mass is 32.2. The molecule has 2 rings (SSSR count). The average Bonchev–Trinajstić information content (AvgIpc) is 3.03. The van der Waals surface area contributed by atoms with E-state index in [9.17, 15) is 18.4 Å². The van der Waals surface area contributed by atoms with Crippen LogP contribution < -0.4 is 15.4 Å². The van der Waals surface area contributed by atoms with Crippen LogP contribution in [0.2, 0.25) is 0 Å². The standard InChI is InChI=1S/C34H58N4O6S/c1-37(2)32-20-14-19-31-30(32)18-15-21-33(31)45(41,42)36-24-11-9-7-5-3-4-6-8-10-22-34(39)38(40)25-17-29-44-27-13-12-26-43-28-16-23-35/h14-15,18-21,36,40H,3-13,16-17,22-29,35H2,1-2H3. The number of unbranched alkanes of at least 4 members (excludes halogenated alkanes) is 9. The van der Waals surface area contributed by atoms with Crippen LogP contribution in [0.1, 0.15) is 89.9 Å². The first-order valence-corrected chi connectivity index (χ1v) is 18.3. The summed E-state index contributed by atoms with van der Waals surface area (Å²) in [6.07, 6.45) is 12.8. The Balaban J connectivity index is 1.44. The molecule has 0 fully saturated rings. The molecule has 0 unspecified atom stereocenters. The highest BCUT2D eigenvalue weighted by Crippen LogP contribution is 2.30. The van der Waals surface area contributed by atoms with Crippen LogP contribution in [-0.2, 0) is 24.3 Å². The Morgan fingerprint density at radius 3 is 1.96 bits per heavy atom. The number of hydrogen-bond donors (Lipinski definition) is 3. The van der Waals surface area contributed by atoms with Gasteiger partial charge in [0, 0.05) is 69.9 Å². The predicted molar refractivity (Wildman–Crippen MR) is 182 cm³/mol. The number of rotatable bonds is 27. The minimum atomic E-state index is -3.59. The number of nitrogens with two attached hydrogens (primary N) is 1. The molecule has 1 amide bonds. The van der Waals surface area contributed by atoms with Gasteiger partial charge in [-0.15, -0.1) is 0 Å². The lowest BCUT2D eigenvalue weighted by atomic mass is 10.1. The molecule has 0 bridgehead atoms. The van der Waals surface area contributed by atoms with Crippen LogP contribution in [0.15, 0.2) is 41.3 Å². The Hall–Kier alpha value is -2.28. The zero-order chi connectivity index (χ0) is 32.8. The molecule has 0 spiro atoms. The van der Waals surface area contributed by atoms with Gasteiger partial charge in [0.1, 0.15) is 0 Å². The van der Waals surface area contributed by atoms with Crippen LogP contribution in [0.3, 0.4) is 0 Å². The number of fused-ring (bicyclic) bond motifs is 1. The van der Waals surface area contributed by atoms with Crippen molar-refractivity contribution < 1.29 is 27.9 Å². The summed E-state index contributed by atoms with van der Waals surface area (Å²) >= 11 is 0. The van der Waals surface area contributed by atoms with Crippen LogP contribution in [0.5, 0.6) is 0 Å². The lowest BCUT2D eigenvalue weighted by Gasteiger charge is -2.17. The topological polar surface area (TPSA) is 134 Å². The summed E-state index contributed by atoms with van der Waals surface area (Å²) in [5, 5.41) is 12.4. The van der Waals surface area contributed by atoms with E-state index in [0.717, 1.165) is 105 Å². The van der Waals surface area contributed by atoms with Crippen molar-refractivity contribution in [2.45, 2.75) is 94.8 Å². The molecule has 0 aliphatic rings. The maximum absolute atomic E-state index is 13.0. The van der Waals surface area contributed by atoms with Crippen molar-refractivity contribution in [2.75, 3.05) is 65.1 Å². The van der Waals surface area contributed by atoms with Crippen molar-refractivity contribution in [3.05, 3.63) is 36.4 Å². The Labute approximate surface area is 271 Å². The first-order chi connectivity index (χ1) is 21.8. The van der Waals surface area contributed by atoms with Gasteiger partial charge < -0.3 is 20.1 Å². The number of carbonyl (C=O) groups excluding carboxylic acids is 1. The second-order valence-electron chi connectivity index (χ2n) is 11.8. The molecule has 10 nitrogen and oxygen atoms in total. The number of amides is 1. The van der Waals surface area contributed by atoms with Crippen molar-refractivity contribution in [1.29, 1.82) is 0 Å². The molecule has 0 radical (unpaired) electrons. The largest absolute Gasteiger partial charge is 0.381 e. The average molecular weight is 651 g/mol. The van der Waals surface area contributed by atoms with Crippen LogP contribution in [-0.4, -0.2) is 84.8 Å². The fourth-order valence-electron chi connectivity index (χ4n) is 5.18. The minimum Gasteiger partial charge on any atom is -0.381 e. The van der Waals surface area contributed by atoms with Crippen molar-refractivity contribution >= 4 is 32.4 Å². The van der Waals surface area contributed by atoms with E-state index in [2.05, 4.69) is 4.72 Å². The van der Waals surface area contributed by atoms with Crippen molar-refractivity contribution in [3.63, 3.8) is 0 Å². The molecule has 0 saturated carbocycles. The van der Waals surface area contributed by atoms with E-state index < -0.39 is 10.0 Å². The second kappa shape index (κ2) is 23.1. The van der Waals surface area contributed by atoms with Crippen molar-refractivity contribution in [3.8, 4) is 0 Å². The van der Waals surface area contributed by atoms with E-state index in [1.807, 2.05) is 43.3 Å². The summed E-state index contributed by atoms with van der Waals surface area (Å²) in [6.45, 7) is 4.00. The fraction of sp³-hybridized carbons (Fsp3) is 0.676. The lowest BCUT2D eigenvalue weighted by Crippen LogP contribution is -2.28. The van der Waals surface area contributed by atoms with E-state index in [1.165, 1.54) is 0 Å². The highest BCUT2D eigenvalue weighted by molar-refractivity contribution is 7.89. The summed E-state index contributed by atoms with van der Waals surface area (Å²) < 4.78 is 39.8. The number of sulfonamides is 1. The summed E-state index contributed by atoms with van der Waals surface area (Å²) in [4.78, 5) is 14.4. The molecular weight excluding hydrogens is 592 g/mol. The molecular formula is C34H58N4O6S. The molecule has 4 N–H and O–H groups in total. The van der Waals surface area contributed by atoms with Gasteiger partial charge in [-0.1, -0.05) is 69.2 Å². The van der Waals surface area contributed by atoms with E-state index in [0.29, 0.717) is 57.2 Å². The van der Waals surface area contributed by atoms with Crippen molar-refractivity contribution in [2.24, 2.45) is 5.73 Å². The zero-order valence-electron chi connectivity index (χ0n) is 27.7. The number of anilines is 1. The van der Waals surface area contributed by atoms with Gasteiger partial charge in [0.2, 0.25) is 15.9 Å². The van der Waals surface area contributed by atoms with Crippen LogP contribution in [0, 0.1) is 0 Å². The second-order valence-corrected chi connectivity index (χ2v) is 13.5. The molecule has 2 aromatic rings. The van der Waals surface area contributed by atoms with Crippen LogP contribution >= 0.6 is 0 Å². The molecule has 0 saturated heterocycles. The van der Waals surface area contributed by atoms with Crippen LogP contribution in [0.4, 0.5) is 5.69 Å². The molecule has 2 aromatic carbocycles. The summed E-state index contributed by atoms with van der Waals surface area (Å²) in [6, 6.07) is 11.2. The third kappa shape index (κ3) is 15.7. The number of nitrogens with one attached hydrogen (secondary N) is 1. The number of benzene rings is 2. The summed E-state index contributed by atoms with van der Waals surface area (Å²) in [5.41, 5.74) is 6.41. The SMILES string of the molecule is CN(C)c1cccc2c(S(=O)(=O)NCCCCCCCCCCCC(=O)N(O)CCCOCCCCOCCCN)cccc12. The smallest absolute Gasteiger partial charge is 0.245 e. The fourth-order valence-corrected chi connectivity index (χ4v) is 6.47. The lowest BCUT2D eigenvalue weighted by molar-refractivity contribution is -0.166. The van der Waals surface area contributed by atoms with Gasteiger partial charge in [-0.3, -0.25) is 10.0 Å². The van der Waals surface area contributed by atoms with E-state index >= 15 is 0 Å². The quantitative estimate of drug-likeness (QED) is 0.0623. The number of ether oxygens (including phenoxy) is 2. The van der Waals surface area contributed by atoms with Crippen LogP contribution in [0.25, 0.3) is 10.8 Å². The monoisotopic (exact) mass is 650 g/mol. The first kappa shape index (κ1) is 38.9. The third-order valence-electron chi connectivity index (χ3n) is 7.76. The molecule has 0 aliphatic carbocycles. The highest BCUT2D eigenvalue weighted by Gasteiger charge is 2.18. The van der Waals surface area contributed by atoms with Gasteiger partial charge in [0.25, 0.3) is 0 Å². The maximum Gasteiger partial charge on any atom is 0.245 e. The molecule has 11 heteroatoms. The maximum atomic E-state index is 13.0. The van der Waals surface area contributed by atoms with Gasteiger partial charge in [-0.25, -0.2) is 18.2 Å². The van der Waals surface area contributed by atoms with Gasteiger partial charge in [0.05, 0.1) is 11.4 Å². The molecule has 0 aromatic heterocycles. The van der Waals surface area contributed by atoms with E-state index in [-0.39, 0.29) is 5.91 Å². The number of hydrogen-bond acceptors (Lipinski definition) is 8. The van der Waals surface area contributed by atoms with E-state index in [4.69, 9.17) is 15.2 Å². The number of nitrogens with zero attached hydrogens (tertiary/aromatic N) is 2. The summed E-state index contributed by atoms with van der Waals surface area (Å²) in [7, 11) is 0.321. The predicted octanol–water partition coefficient (Wildman–Crippen LogP) is 5.86. The van der Waals surface area contributed by atoms with Gasteiger partial charge in [0.15, 0.2) is 0 Å². The Bertz CT molecular complexity index is 1190. The number of hydroxylamine groups is 2. The Morgan fingerprint density at radius 2 is 1.31 bits per heavy atom. The minimum absolute atomic E-state index is 0.223.